The summed E-state index contributed by atoms with van der Waals surface area (Å²) in [7, 11) is 0. The minimum absolute atomic E-state index is 0.104. The first kappa shape index (κ1) is 14.4. The second kappa shape index (κ2) is 6.44. The molecule has 104 valence electrons. The molecule has 0 saturated heterocycles. The molecule has 4 heteroatoms. The van der Waals surface area contributed by atoms with Crippen LogP contribution in [0.4, 0.5) is 11.4 Å². The van der Waals surface area contributed by atoms with Crippen LogP contribution >= 0.6 is 11.6 Å². The summed E-state index contributed by atoms with van der Waals surface area (Å²) in [5, 5.41) is 6.58. The normalized spacial score (nSPS) is 11.8. The van der Waals surface area contributed by atoms with Crippen LogP contribution < -0.4 is 10.6 Å². The van der Waals surface area contributed by atoms with E-state index in [0.717, 1.165) is 16.9 Å². The highest BCUT2D eigenvalue weighted by Gasteiger charge is 2.14. The van der Waals surface area contributed by atoms with E-state index < -0.39 is 0 Å². The molecule has 2 rings (SSSR count). The van der Waals surface area contributed by atoms with Crippen LogP contribution in [0.5, 0.6) is 0 Å². The van der Waals surface area contributed by atoms with Gasteiger partial charge in [-0.15, -0.1) is 0 Å². The molecule has 0 spiro atoms. The van der Waals surface area contributed by atoms with E-state index >= 15 is 0 Å². The maximum Gasteiger partial charge on any atom is 0.246 e. The highest BCUT2D eigenvalue weighted by Crippen LogP contribution is 2.23. The lowest BCUT2D eigenvalue weighted by Gasteiger charge is -2.16. The molecule has 0 aliphatic carbocycles. The Labute approximate surface area is 124 Å². The van der Waals surface area contributed by atoms with Crippen molar-refractivity contribution >= 4 is 28.9 Å². The van der Waals surface area contributed by atoms with Crippen molar-refractivity contribution in [1.29, 1.82) is 0 Å². The van der Waals surface area contributed by atoms with Crippen molar-refractivity contribution in [3.8, 4) is 0 Å². The molecular formula is C16H17ClN2O. The molecule has 0 aromatic heterocycles. The van der Waals surface area contributed by atoms with Crippen LogP contribution in [0.25, 0.3) is 0 Å². The Morgan fingerprint density at radius 2 is 1.85 bits per heavy atom. The number of hydrogen-bond donors (Lipinski definition) is 2. The fourth-order valence-corrected chi connectivity index (χ4v) is 2.10. The first-order valence-electron chi connectivity index (χ1n) is 6.45. The standard InChI is InChI=1S/C16H17ClN2O/c1-11-8-9-15(14(17)10-11)18-12(2)16(20)19-13-6-4-3-5-7-13/h3-10,12,18H,1-2H3,(H,19,20). The molecule has 0 fully saturated rings. The average Bonchev–Trinajstić information content (AvgIpc) is 2.43. The van der Waals surface area contributed by atoms with Crippen LogP contribution in [0.15, 0.2) is 48.5 Å². The van der Waals surface area contributed by atoms with E-state index in [1.165, 1.54) is 0 Å². The van der Waals surface area contributed by atoms with E-state index in [0.29, 0.717) is 5.02 Å². The molecule has 2 N–H and O–H groups in total. The summed E-state index contributed by atoms with van der Waals surface area (Å²) in [4.78, 5) is 12.1. The van der Waals surface area contributed by atoms with Crippen molar-refractivity contribution in [3.63, 3.8) is 0 Å². The molecule has 1 atom stereocenters. The van der Waals surface area contributed by atoms with Gasteiger partial charge in [-0.2, -0.15) is 0 Å². The largest absolute Gasteiger partial charge is 0.373 e. The number of para-hydroxylation sites is 1. The van der Waals surface area contributed by atoms with E-state index in [-0.39, 0.29) is 11.9 Å². The van der Waals surface area contributed by atoms with E-state index in [2.05, 4.69) is 10.6 Å². The van der Waals surface area contributed by atoms with Crippen molar-refractivity contribution in [2.45, 2.75) is 19.9 Å². The molecule has 0 saturated carbocycles. The lowest BCUT2D eigenvalue weighted by Crippen LogP contribution is -2.31. The number of anilines is 2. The number of nitrogens with one attached hydrogen (secondary N) is 2. The van der Waals surface area contributed by atoms with Gasteiger partial charge in [-0.05, 0) is 43.7 Å². The summed E-state index contributed by atoms with van der Waals surface area (Å²) in [6.07, 6.45) is 0. The molecule has 1 amide bonds. The SMILES string of the molecule is Cc1ccc(NC(C)C(=O)Nc2ccccc2)c(Cl)c1. The van der Waals surface area contributed by atoms with Gasteiger partial charge < -0.3 is 10.6 Å². The van der Waals surface area contributed by atoms with Crippen molar-refractivity contribution in [2.75, 3.05) is 10.6 Å². The fourth-order valence-electron chi connectivity index (χ4n) is 1.81. The summed E-state index contributed by atoms with van der Waals surface area (Å²) >= 11 is 6.14. The monoisotopic (exact) mass is 288 g/mol. The highest BCUT2D eigenvalue weighted by molar-refractivity contribution is 6.33. The number of carbonyl (C=O) groups is 1. The molecule has 3 nitrogen and oxygen atoms in total. The molecule has 20 heavy (non-hydrogen) atoms. The van der Waals surface area contributed by atoms with Gasteiger partial charge in [-0.1, -0.05) is 35.9 Å². The zero-order valence-corrected chi connectivity index (χ0v) is 12.2. The summed E-state index contributed by atoms with van der Waals surface area (Å²) in [5.74, 6) is -0.104. The van der Waals surface area contributed by atoms with Gasteiger partial charge in [0.25, 0.3) is 0 Å². The van der Waals surface area contributed by atoms with Crippen LogP contribution in [0.1, 0.15) is 12.5 Å². The van der Waals surface area contributed by atoms with Crippen molar-refractivity contribution < 1.29 is 4.79 Å². The van der Waals surface area contributed by atoms with Crippen LogP contribution in [0, 0.1) is 6.92 Å². The molecule has 1 unspecified atom stereocenters. The third-order valence-electron chi connectivity index (χ3n) is 2.93. The topological polar surface area (TPSA) is 41.1 Å². The van der Waals surface area contributed by atoms with E-state index in [1.54, 1.807) is 6.92 Å². The first-order chi connectivity index (χ1) is 9.56. The van der Waals surface area contributed by atoms with Crippen LogP contribution in [0.3, 0.4) is 0 Å². The van der Waals surface area contributed by atoms with Crippen LogP contribution in [-0.4, -0.2) is 11.9 Å². The minimum atomic E-state index is -0.379. The molecular weight excluding hydrogens is 272 g/mol. The summed E-state index contributed by atoms with van der Waals surface area (Å²) in [6, 6.07) is 14.7. The third-order valence-corrected chi connectivity index (χ3v) is 3.24. The molecule has 0 aliphatic rings. The van der Waals surface area contributed by atoms with E-state index in [1.807, 2.05) is 55.5 Å². The van der Waals surface area contributed by atoms with Crippen molar-refractivity contribution in [2.24, 2.45) is 0 Å². The Morgan fingerprint density at radius 3 is 2.50 bits per heavy atom. The third kappa shape index (κ3) is 3.75. The van der Waals surface area contributed by atoms with Gasteiger partial charge in [0.1, 0.15) is 6.04 Å². The zero-order valence-electron chi connectivity index (χ0n) is 11.5. The minimum Gasteiger partial charge on any atom is -0.373 e. The van der Waals surface area contributed by atoms with Crippen molar-refractivity contribution in [3.05, 3.63) is 59.1 Å². The molecule has 0 heterocycles. The van der Waals surface area contributed by atoms with Crippen LogP contribution in [0.2, 0.25) is 5.02 Å². The summed E-state index contributed by atoms with van der Waals surface area (Å²) in [6.45, 7) is 3.77. The van der Waals surface area contributed by atoms with Crippen LogP contribution in [-0.2, 0) is 4.79 Å². The van der Waals surface area contributed by atoms with Gasteiger partial charge in [0, 0.05) is 5.69 Å². The Bertz CT molecular complexity index is 599. The molecule has 0 aliphatic heterocycles. The molecule has 0 radical (unpaired) electrons. The van der Waals surface area contributed by atoms with E-state index in [9.17, 15) is 4.79 Å². The van der Waals surface area contributed by atoms with E-state index in [4.69, 9.17) is 11.6 Å². The second-order valence-electron chi connectivity index (χ2n) is 4.70. The molecule has 2 aromatic rings. The number of aryl methyl sites for hydroxylation is 1. The first-order valence-corrected chi connectivity index (χ1v) is 6.82. The number of halogens is 1. The molecule has 2 aromatic carbocycles. The Morgan fingerprint density at radius 1 is 1.15 bits per heavy atom. The summed E-state index contributed by atoms with van der Waals surface area (Å²) < 4.78 is 0. The van der Waals surface area contributed by atoms with Gasteiger partial charge in [0.2, 0.25) is 5.91 Å². The van der Waals surface area contributed by atoms with Gasteiger partial charge in [-0.3, -0.25) is 4.79 Å². The lowest BCUT2D eigenvalue weighted by atomic mass is 10.2. The predicted octanol–water partition coefficient (Wildman–Crippen LogP) is 4.09. The second-order valence-corrected chi connectivity index (χ2v) is 5.11. The number of amides is 1. The number of rotatable bonds is 4. The Hall–Kier alpha value is -2.00. The van der Waals surface area contributed by atoms with Gasteiger partial charge >= 0.3 is 0 Å². The maximum atomic E-state index is 12.1. The van der Waals surface area contributed by atoms with Gasteiger partial charge in [0.15, 0.2) is 0 Å². The molecule has 0 bridgehead atoms. The van der Waals surface area contributed by atoms with Gasteiger partial charge in [-0.25, -0.2) is 0 Å². The number of hydrogen-bond acceptors (Lipinski definition) is 2. The Kier molecular flexibility index (Phi) is 4.64. The number of benzene rings is 2. The fraction of sp³-hybridized carbons (Fsp3) is 0.188. The number of carbonyl (C=O) groups excluding carboxylic acids is 1. The highest BCUT2D eigenvalue weighted by atomic mass is 35.5. The van der Waals surface area contributed by atoms with Gasteiger partial charge in [0.05, 0.1) is 10.7 Å². The van der Waals surface area contributed by atoms with Crippen molar-refractivity contribution in [1.82, 2.24) is 0 Å². The predicted molar refractivity (Wildman–Crippen MR) is 84.3 cm³/mol. The zero-order chi connectivity index (χ0) is 14.5. The quantitative estimate of drug-likeness (QED) is 0.890. The Balaban J connectivity index is 2.00. The summed E-state index contributed by atoms with van der Waals surface area (Å²) in [5.41, 5.74) is 2.62. The average molecular weight is 289 g/mol. The smallest absolute Gasteiger partial charge is 0.246 e. The maximum absolute atomic E-state index is 12.1. The lowest BCUT2D eigenvalue weighted by molar-refractivity contribution is -0.116.